The van der Waals surface area contributed by atoms with Gasteiger partial charge in [-0.05, 0) is 37.1 Å². The molecule has 0 aliphatic rings. The van der Waals surface area contributed by atoms with Gasteiger partial charge in [0.1, 0.15) is 6.04 Å². The van der Waals surface area contributed by atoms with Gasteiger partial charge in [-0.1, -0.05) is 30.7 Å². The molecule has 0 aliphatic heterocycles. The van der Waals surface area contributed by atoms with Crippen molar-refractivity contribution in [3.05, 3.63) is 63.2 Å². The molecule has 0 saturated carbocycles. The van der Waals surface area contributed by atoms with Crippen LogP contribution in [0.4, 0.5) is 17.1 Å². The maximum atomic E-state index is 12.9. The normalized spacial score (nSPS) is 12.3. The van der Waals surface area contributed by atoms with Crippen molar-refractivity contribution in [2.24, 2.45) is 0 Å². The average molecular weight is 426 g/mol. The number of rotatable bonds is 7. The average Bonchev–Trinajstić information content (AvgIpc) is 2.62. The Balaban J connectivity index is 2.46. The Hall–Kier alpha value is -2.65. The lowest BCUT2D eigenvalue weighted by Crippen LogP contribution is -2.47. The molecule has 0 heterocycles. The van der Waals surface area contributed by atoms with Crippen molar-refractivity contribution in [2.45, 2.75) is 26.3 Å². The van der Waals surface area contributed by atoms with Crippen molar-refractivity contribution in [1.82, 2.24) is 0 Å². The van der Waals surface area contributed by atoms with Crippen LogP contribution in [0, 0.1) is 17.0 Å². The Bertz CT molecular complexity index is 1010. The number of amides is 1. The molecule has 1 amide bonds. The van der Waals surface area contributed by atoms with E-state index in [1.54, 1.807) is 32.0 Å². The van der Waals surface area contributed by atoms with Gasteiger partial charge in [-0.15, -0.1) is 0 Å². The smallest absolute Gasteiger partial charge is 0.271 e. The monoisotopic (exact) mass is 425 g/mol. The van der Waals surface area contributed by atoms with Gasteiger partial charge in [0.15, 0.2) is 0 Å². The van der Waals surface area contributed by atoms with Crippen LogP contribution >= 0.6 is 11.6 Å². The van der Waals surface area contributed by atoms with E-state index < -0.39 is 26.9 Å². The van der Waals surface area contributed by atoms with E-state index in [9.17, 15) is 23.3 Å². The third-order valence-corrected chi connectivity index (χ3v) is 5.74. The number of hydrogen-bond donors (Lipinski definition) is 1. The zero-order valence-electron chi connectivity index (χ0n) is 15.5. The van der Waals surface area contributed by atoms with E-state index in [0.717, 1.165) is 16.6 Å². The Morgan fingerprint density at radius 2 is 1.93 bits per heavy atom. The molecule has 0 spiro atoms. The number of halogens is 1. The van der Waals surface area contributed by atoms with Crippen molar-refractivity contribution in [1.29, 1.82) is 0 Å². The minimum Gasteiger partial charge on any atom is -0.324 e. The molecule has 0 unspecified atom stereocenters. The van der Waals surface area contributed by atoms with Gasteiger partial charge in [0.2, 0.25) is 15.9 Å². The lowest BCUT2D eigenvalue weighted by molar-refractivity contribution is -0.384. The second kappa shape index (κ2) is 8.57. The van der Waals surface area contributed by atoms with Gasteiger partial charge < -0.3 is 5.32 Å². The first kappa shape index (κ1) is 21.6. The number of non-ortho nitro benzene ring substituents is 1. The molecule has 1 atom stereocenters. The van der Waals surface area contributed by atoms with Crippen LogP contribution in [0.5, 0.6) is 0 Å². The molecule has 150 valence electrons. The van der Waals surface area contributed by atoms with Crippen LogP contribution in [-0.2, 0) is 14.8 Å². The predicted molar refractivity (Wildman–Crippen MR) is 109 cm³/mol. The number of nitrogens with zero attached hydrogens (tertiary/aromatic N) is 2. The number of sulfonamides is 1. The molecule has 0 fully saturated rings. The van der Waals surface area contributed by atoms with E-state index in [1.165, 1.54) is 18.2 Å². The maximum Gasteiger partial charge on any atom is 0.271 e. The first-order valence-electron chi connectivity index (χ1n) is 8.36. The fourth-order valence-electron chi connectivity index (χ4n) is 2.76. The number of nitro benzene ring substituents is 1. The Morgan fingerprint density at radius 1 is 1.29 bits per heavy atom. The highest BCUT2D eigenvalue weighted by Crippen LogP contribution is 2.28. The zero-order chi connectivity index (χ0) is 21.1. The summed E-state index contributed by atoms with van der Waals surface area (Å²) < 4.78 is 25.8. The number of nitrogens with one attached hydrogen (secondary N) is 1. The summed E-state index contributed by atoms with van der Waals surface area (Å²) in [5.41, 5.74) is 0.880. The molecule has 1 N–H and O–H groups in total. The predicted octanol–water partition coefficient (Wildman–Crippen LogP) is 3.74. The van der Waals surface area contributed by atoms with E-state index in [1.807, 2.05) is 0 Å². The van der Waals surface area contributed by atoms with Crippen molar-refractivity contribution < 1.29 is 18.1 Å². The number of nitro groups is 1. The molecule has 2 aromatic rings. The first-order chi connectivity index (χ1) is 13.1. The lowest BCUT2D eigenvalue weighted by Gasteiger charge is -2.30. The third-order valence-electron chi connectivity index (χ3n) is 4.15. The van der Waals surface area contributed by atoms with Crippen LogP contribution in [0.2, 0.25) is 5.02 Å². The van der Waals surface area contributed by atoms with Crippen LogP contribution in [0.1, 0.15) is 18.9 Å². The minimum atomic E-state index is -3.90. The van der Waals surface area contributed by atoms with Crippen LogP contribution in [0.3, 0.4) is 0 Å². The van der Waals surface area contributed by atoms with E-state index in [0.29, 0.717) is 16.3 Å². The SMILES string of the molecule is CC[C@H](C(=O)Nc1cccc(Cl)c1C)N(c1cccc([N+](=O)[O-])c1)S(C)(=O)=O. The van der Waals surface area contributed by atoms with Crippen LogP contribution in [0.15, 0.2) is 42.5 Å². The van der Waals surface area contributed by atoms with Gasteiger partial charge in [-0.25, -0.2) is 8.42 Å². The quantitative estimate of drug-likeness (QED) is 0.536. The third kappa shape index (κ3) is 4.79. The summed E-state index contributed by atoms with van der Waals surface area (Å²) in [6, 6.07) is 9.06. The van der Waals surface area contributed by atoms with E-state index >= 15 is 0 Å². The lowest BCUT2D eigenvalue weighted by atomic mass is 10.1. The second-order valence-corrected chi connectivity index (χ2v) is 8.43. The second-order valence-electron chi connectivity index (χ2n) is 6.16. The first-order valence-corrected chi connectivity index (χ1v) is 10.6. The highest BCUT2D eigenvalue weighted by molar-refractivity contribution is 7.92. The van der Waals surface area contributed by atoms with E-state index in [-0.39, 0.29) is 17.8 Å². The molecule has 0 bridgehead atoms. The van der Waals surface area contributed by atoms with Gasteiger partial charge in [0.05, 0.1) is 16.9 Å². The van der Waals surface area contributed by atoms with E-state index in [2.05, 4.69) is 5.32 Å². The maximum absolute atomic E-state index is 12.9. The van der Waals surface area contributed by atoms with Crippen molar-refractivity contribution >= 4 is 44.6 Å². The van der Waals surface area contributed by atoms with E-state index in [4.69, 9.17) is 11.6 Å². The van der Waals surface area contributed by atoms with Gasteiger partial charge in [-0.3, -0.25) is 19.2 Å². The summed E-state index contributed by atoms with van der Waals surface area (Å²) in [5.74, 6) is -0.565. The molecule has 10 heteroatoms. The highest BCUT2D eigenvalue weighted by Gasteiger charge is 2.32. The standard InChI is InChI=1S/C18H20ClN3O5S/c1-4-17(18(23)20-16-10-6-9-15(19)12(16)2)21(28(3,26)27)13-7-5-8-14(11-13)22(24)25/h5-11,17H,4H2,1-3H3,(H,20,23)/t17-/m1/s1. The fourth-order valence-corrected chi connectivity index (χ4v) is 4.14. The molecule has 8 nitrogen and oxygen atoms in total. The summed E-state index contributed by atoms with van der Waals surface area (Å²) in [5, 5.41) is 14.2. The Morgan fingerprint density at radius 3 is 2.50 bits per heavy atom. The van der Waals surface area contributed by atoms with Crippen LogP contribution in [0.25, 0.3) is 0 Å². The molecule has 0 aliphatic carbocycles. The van der Waals surface area contributed by atoms with Crippen molar-refractivity contribution in [3.63, 3.8) is 0 Å². The summed E-state index contributed by atoms with van der Waals surface area (Å²) >= 11 is 6.07. The topological polar surface area (TPSA) is 110 Å². The molecule has 0 aromatic heterocycles. The highest BCUT2D eigenvalue weighted by atomic mass is 35.5. The summed E-state index contributed by atoms with van der Waals surface area (Å²) in [6.07, 6.45) is 1.10. The summed E-state index contributed by atoms with van der Waals surface area (Å²) in [7, 11) is -3.90. The number of benzene rings is 2. The van der Waals surface area contributed by atoms with Crippen molar-refractivity contribution in [3.8, 4) is 0 Å². The minimum absolute atomic E-state index is 0.0431. The van der Waals surface area contributed by atoms with Crippen LogP contribution in [-0.4, -0.2) is 31.5 Å². The largest absolute Gasteiger partial charge is 0.324 e. The Kier molecular flexibility index (Phi) is 6.63. The van der Waals surface area contributed by atoms with Gasteiger partial charge >= 0.3 is 0 Å². The molecule has 28 heavy (non-hydrogen) atoms. The number of carbonyl (C=O) groups is 1. The number of carbonyl (C=O) groups excluding carboxylic acids is 1. The summed E-state index contributed by atoms with van der Waals surface area (Å²) in [4.78, 5) is 23.3. The van der Waals surface area contributed by atoms with Gasteiger partial charge in [-0.2, -0.15) is 0 Å². The summed E-state index contributed by atoms with van der Waals surface area (Å²) in [6.45, 7) is 3.39. The zero-order valence-corrected chi connectivity index (χ0v) is 17.1. The van der Waals surface area contributed by atoms with Crippen molar-refractivity contribution in [2.75, 3.05) is 15.9 Å². The van der Waals surface area contributed by atoms with Gasteiger partial charge in [0, 0.05) is 22.8 Å². The number of anilines is 2. The van der Waals surface area contributed by atoms with Gasteiger partial charge in [0.25, 0.3) is 5.69 Å². The molecule has 2 aromatic carbocycles. The molecular formula is C18H20ClN3O5S. The fraction of sp³-hybridized carbons (Fsp3) is 0.278. The number of hydrogen-bond acceptors (Lipinski definition) is 5. The van der Waals surface area contributed by atoms with Crippen LogP contribution < -0.4 is 9.62 Å². The molecule has 0 saturated heterocycles. The molecule has 2 rings (SSSR count). The molecular weight excluding hydrogens is 406 g/mol. The molecule has 0 radical (unpaired) electrons. The Labute approximate surface area is 168 Å².